The van der Waals surface area contributed by atoms with Gasteiger partial charge in [0, 0.05) is 25.7 Å². The van der Waals surface area contributed by atoms with Crippen LogP contribution in [0.25, 0.3) is 0 Å². The minimum absolute atomic E-state index is 0.253. The molecule has 2 N–H and O–H groups in total. The van der Waals surface area contributed by atoms with Crippen molar-refractivity contribution >= 4 is 5.91 Å². The van der Waals surface area contributed by atoms with Crippen molar-refractivity contribution in [1.29, 1.82) is 0 Å². The van der Waals surface area contributed by atoms with Crippen LogP contribution in [0.1, 0.15) is 33.1 Å². The lowest BCUT2D eigenvalue weighted by Gasteiger charge is -2.38. The zero-order valence-corrected chi connectivity index (χ0v) is 10.4. The first-order chi connectivity index (χ1) is 7.68. The standard InChI is InChI=1S/C12H23N3O/c1-3-12(5-4-6-14-12)11(16)15-8-7-13-10(2)9-15/h10,13-14H,3-9H2,1-2H3. The third-order valence-electron chi connectivity index (χ3n) is 3.91. The van der Waals surface area contributed by atoms with Crippen LogP contribution < -0.4 is 10.6 Å². The molecule has 2 aliphatic heterocycles. The molecule has 2 aliphatic rings. The van der Waals surface area contributed by atoms with Crippen molar-refractivity contribution < 1.29 is 4.79 Å². The van der Waals surface area contributed by atoms with E-state index in [1.54, 1.807) is 0 Å². The smallest absolute Gasteiger partial charge is 0.242 e. The quantitative estimate of drug-likeness (QED) is 0.712. The van der Waals surface area contributed by atoms with Gasteiger partial charge in [0.1, 0.15) is 0 Å². The Bertz CT molecular complexity index is 261. The summed E-state index contributed by atoms with van der Waals surface area (Å²) in [5.74, 6) is 0.320. The Morgan fingerprint density at radius 2 is 2.31 bits per heavy atom. The third-order valence-corrected chi connectivity index (χ3v) is 3.91. The summed E-state index contributed by atoms with van der Waals surface area (Å²) in [6, 6.07) is 0.424. The van der Waals surface area contributed by atoms with E-state index in [1.807, 2.05) is 4.90 Å². The monoisotopic (exact) mass is 225 g/mol. The molecular formula is C12H23N3O. The van der Waals surface area contributed by atoms with E-state index in [1.165, 1.54) is 0 Å². The minimum Gasteiger partial charge on any atom is -0.338 e. The van der Waals surface area contributed by atoms with E-state index in [9.17, 15) is 4.79 Å². The summed E-state index contributed by atoms with van der Waals surface area (Å²) in [7, 11) is 0. The van der Waals surface area contributed by atoms with Crippen LogP contribution in [0.4, 0.5) is 0 Å². The van der Waals surface area contributed by atoms with Gasteiger partial charge >= 0.3 is 0 Å². The van der Waals surface area contributed by atoms with E-state index < -0.39 is 0 Å². The van der Waals surface area contributed by atoms with Crippen LogP contribution >= 0.6 is 0 Å². The predicted octanol–water partition coefficient (Wildman–Crippen LogP) is 0.339. The Kier molecular flexibility index (Phi) is 3.50. The van der Waals surface area contributed by atoms with E-state index in [0.717, 1.165) is 45.4 Å². The van der Waals surface area contributed by atoms with E-state index in [4.69, 9.17) is 0 Å². The summed E-state index contributed by atoms with van der Waals surface area (Å²) in [6.07, 6.45) is 3.03. The van der Waals surface area contributed by atoms with Gasteiger partial charge in [-0.3, -0.25) is 4.79 Å². The largest absolute Gasteiger partial charge is 0.338 e. The highest BCUT2D eigenvalue weighted by atomic mass is 16.2. The van der Waals surface area contributed by atoms with Crippen molar-refractivity contribution in [2.75, 3.05) is 26.2 Å². The zero-order chi connectivity index (χ0) is 11.6. The van der Waals surface area contributed by atoms with E-state index in [0.29, 0.717) is 11.9 Å². The Hall–Kier alpha value is -0.610. The number of rotatable bonds is 2. The number of nitrogens with one attached hydrogen (secondary N) is 2. The number of amides is 1. The molecule has 0 aromatic carbocycles. The van der Waals surface area contributed by atoms with Crippen LogP contribution in [-0.4, -0.2) is 48.6 Å². The molecule has 2 fully saturated rings. The van der Waals surface area contributed by atoms with Crippen molar-refractivity contribution in [1.82, 2.24) is 15.5 Å². The highest BCUT2D eigenvalue weighted by molar-refractivity contribution is 5.86. The fourth-order valence-corrected chi connectivity index (χ4v) is 2.86. The molecule has 1 amide bonds. The molecule has 0 aliphatic carbocycles. The van der Waals surface area contributed by atoms with Crippen molar-refractivity contribution in [2.24, 2.45) is 0 Å². The fraction of sp³-hybridized carbons (Fsp3) is 0.917. The summed E-state index contributed by atoms with van der Waals surface area (Å²) in [6.45, 7) is 7.87. The average Bonchev–Trinajstić information content (AvgIpc) is 2.78. The van der Waals surface area contributed by atoms with Gasteiger partial charge in [0.25, 0.3) is 0 Å². The Morgan fingerprint density at radius 1 is 1.50 bits per heavy atom. The van der Waals surface area contributed by atoms with Gasteiger partial charge in [0.15, 0.2) is 0 Å². The molecule has 2 rings (SSSR count). The zero-order valence-electron chi connectivity index (χ0n) is 10.4. The molecule has 2 unspecified atom stereocenters. The molecule has 92 valence electrons. The minimum atomic E-state index is -0.253. The van der Waals surface area contributed by atoms with Gasteiger partial charge in [-0.25, -0.2) is 0 Å². The first-order valence-corrected chi connectivity index (χ1v) is 6.46. The molecule has 0 aromatic heterocycles. The average molecular weight is 225 g/mol. The topological polar surface area (TPSA) is 44.4 Å². The number of hydrogen-bond acceptors (Lipinski definition) is 3. The summed E-state index contributed by atoms with van der Waals surface area (Å²) < 4.78 is 0. The van der Waals surface area contributed by atoms with Gasteiger partial charge in [-0.15, -0.1) is 0 Å². The second-order valence-electron chi connectivity index (χ2n) is 5.07. The lowest BCUT2D eigenvalue weighted by molar-refractivity contribution is -0.139. The van der Waals surface area contributed by atoms with Crippen molar-refractivity contribution in [3.63, 3.8) is 0 Å². The predicted molar refractivity (Wildman–Crippen MR) is 64.3 cm³/mol. The maximum absolute atomic E-state index is 12.5. The van der Waals surface area contributed by atoms with Gasteiger partial charge in [0.2, 0.25) is 5.91 Å². The molecule has 4 nitrogen and oxygen atoms in total. The molecule has 0 saturated carbocycles. The molecule has 4 heteroatoms. The van der Waals surface area contributed by atoms with Crippen LogP contribution in [0.2, 0.25) is 0 Å². The molecule has 2 heterocycles. The van der Waals surface area contributed by atoms with Crippen LogP contribution in [0.15, 0.2) is 0 Å². The highest BCUT2D eigenvalue weighted by Crippen LogP contribution is 2.25. The first kappa shape index (κ1) is 11.9. The molecular weight excluding hydrogens is 202 g/mol. The molecule has 0 radical (unpaired) electrons. The van der Waals surface area contributed by atoms with Gasteiger partial charge in [-0.1, -0.05) is 6.92 Å². The van der Waals surface area contributed by atoms with Crippen molar-refractivity contribution in [2.45, 2.75) is 44.7 Å². The lowest BCUT2D eigenvalue weighted by Crippen LogP contribution is -2.60. The number of piperazine rings is 1. The third kappa shape index (κ3) is 2.09. The maximum atomic E-state index is 12.5. The molecule has 2 atom stereocenters. The van der Waals surface area contributed by atoms with Gasteiger partial charge in [-0.05, 0) is 32.7 Å². The highest BCUT2D eigenvalue weighted by Gasteiger charge is 2.42. The first-order valence-electron chi connectivity index (χ1n) is 6.46. The van der Waals surface area contributed by atoms with Crippen LogP contribution in [0.3, 0.4) is 0 Å². The normalized spacial score (nSPS) is 35.4. The van der Waals surface area contributed by atoms with E-state index >= 15 is 0 Å². The van der Waals surface area contributed by atoms with Crippen LogP contribution in [0, 0.1) is 0 Å². The lowest BCUT2D eigenvalue weighted by atomic mass is 9.92. The molecule has 0 aromatic rings. The number of nitrogens with zero attached hydrogens (tertiary/aromatic N) is 1. The Balaban J connectivity index is 2.04. The summed E-state index contributed by atoms with van der Waals surface area (Å²) in [4.78, 5) is 14.6. The van der Waals surface area contributed by atoms with E-state index in [-0.39, 0.29) is 5.54 Å². The molecule has 0 bridgehead atoms. The summed E-state index contributed by atoms with van der Waals surface area (Å²) in [5.41, 5.74) is -0.253. The number of carbonyl (C=O) groups is 1. The summed E-state index contributed by atoms with van der Waals surface area (Å²) in [5, 5.41) is 6.79. The van der Waals surface area contributed by atoms with Crippen LogP contribution in [-0.2, 0) is 4.79 Å². The molecule has 0 spiro atoms. The van der Waals surface area contributed by atoms with Crippen molar-refractivity contribution in [3.8, 4) is 0 Å². The van der Waals surface area contributed by atoms with Crippen molar-refractivity contribution in [3.05, 3.63) is 0 Å². The second-order valence-corrected chi connectivity index (χ2v) is 5.07. The Labute approximate surface area is 97.8 Å². The number of hydrogen-bond donors (Lipinski definition) is 2. The molecule has 16 heavy (non-hydrogen) atoms. The summed E-state index contributed by atoms with van der Waals surface area (Å²) >= 11 is 0. The second kappa shape index (κ2) is 4.72. The fourth-order valence-electron chi connectivity index (χ4n) is 2.86. The SMILES string of the molecule is CCC1(C(=O)N2CCNC(C)C2)CCCN1. The van der Waals surface area contributed by atoms with Gasteiger partial charge in [-0.2, -0.15) is 0 Å². The molecule has 2 saturated heterocycles. The number of carbonyl (C=O) groups excluding carboxylic acids is 1. The van der Waals surface area contributed by atoms with E-state index in [2.05, 4.69) is 24.5 Å². The van der Waals surface area contributed by atoms with Gasteiger partial charge < -0.3 is 15.5 Å². The van der Waals surface area contributed by atoms with Crippen LogP contribution in [0.5, 0.6) is 0 Å². The Morgan fingerprint density at radius 3 is 2.88 bits per heavy atom. The maximum Gasteiger partial charge on any atom is 0.242 e. The van der Waals surface area contributed by atoms with Gasteiger partial charge in [0.05, 0.1) is 5.54 Å².